The van der Waals surface area contributed by atoms with Crippen molar-refractivity contribution in [2.75, 3.05) is 5.32 Å². The van der Waals surface area contributed by atoms with Gasteiger partial charge >= 0.3 is 5.92 Å². The average molecular weight is 449 g/mol. The second-order valence-corrected chi connectivity index (χ2v) is 8.58. The van der Waals surface area contributed by atoms with Crippen LogP contribution >= 0.6 is 0 Å². The highest BCUT2D eigenvalue weighted by Gasteiger charge is 2.76. The van der Waals surface area contributed by atoms with Gasteiger partial charge in [-0.25, -0.2) is 18.7 Å². The number of fused-ring (bicyclic) bond motifs is 1. The smallest absolute Gasteiger partial charge is 0.304 e. The second kappa shape index (κ2) is 6.63. The standard InChI is InChI=1S/C21H19F4N5O2/c1-11(31)27-15-5-14-12(9-26-15)3-4-30(14)16-6-17(29-18(28-16)19(2,22)23)32-13-7-20(8-13)10-21(20,24)25/h3-6,9,13H,7-8,10H2,1-2H3,(H,26,27,31). The van der Waals surface area contributed by atoms with E-state index in [1.807, 2.05) is 0 Å². The van der Waals surface area contributed by atoms with Crippen molar-refractivity contribution in [3.05, 3.63) is 36.4 Å². The number of alkyl halides is 4. The van der Waals surface area contributed by atoms with Gasteiger partial charge in [-0.05, 0) is 18.9 Å². The van der Waals surface area contributed by atoms with E-state index in [0.29, 0.717) is 23.6 Å². The molecule has 2 fully saturated rings. The van der Waals surface area contributed by atoms with Crippen LogP contribution in [0.25, 0.3) is 16.7 Å². The average Bonchev–Trinajstić information content (AvgIpc) is 3.03. The van der Waals surface area contributed by atoms with E-state index in [-0.39, 0.29) is 36.9 Å². The van der Waals surface area contributed by atoms with Crippen LogP contribution in [0.15, 0.2) is 30.6 Å². The lowest BCUT2D eigenvalue weighted by Crippen LogP contribution is -2.39. The molecule has 2 saturated carbocycles. The molecule has 0 saturated heterocycles. The molecule has 168 valence electrons. The molecule has 5 rings (SSSR count). The third-order valence-electron chi connectivity index (χ3n) is 5.94. The van der Waals surface area contributed by atoms with Crippen LogP contribution in [0.3, 0.4) is 0 Å². The lowest BCUT2D eigenvalue weighted by atomic mass is 9.78. The van der Waals surface area contributed by atoms with Gasteiger partial charge in [-0.15, -0.1) is 0 Å². The molecule has 32 heavy (non-hydrogen) atoms. The Labute approximate surface area is 179 Å². The van der Waals surface area contributed by atoms with Crippen LogP contribution in [-0.2, 0) is 10.7 Å². The second-order valence-electron chi connectivity index (χ2n) is 8.58. The number of hydrogen-bond acceptors (Lipinski definition) is 5. The molecule has 1 N–H and O–H groups in total. The molecule has 3 aromatic rings. The largest absolute Gasteiger partial charge is 0.474 e. The fraction of sp³-hybridized carbons (Fsp3) is 0.429. The van der Waals surface area contributed by atoms with Crippen LogP contribution in [0.5, 0.6) is 5.88 Å². The predicted octanol–water partition coefficient (Wildman–Crippen LogP) is 4.45. The Morgan fingerprint density at radius 1 is 1.28 bits per heavy atom. The number of nitrogens with zero attached hydrogens (tertiary/aromatic N) is 4. The normalized spacial score (nSPS) is 23.8. The molecule has 0 bridgehead atoms. The highest BCUT2D eigenvalue weighted by Crippen LogP contribution is 2.71. The molecule has 3 heterocycles. The molecule has 1 spiro atoms. The lowest BCUT2D eigenvalue weighted by molar-refractivity contribution is -0.114. The van der Waals surface area contributed by atoms with Gasteiger partial charge in [0.05, 0.1) is 5.52 Å². The fourth-order valence-corrected chi connectivity index (χ4v) is 4.16. The van der Waals surface area contributed by atoms with Crippen molar-refractivity contribution in [3.63, 3.8) is 0 Å². The van der Waals surface area contributed by atoms with Crippen LogP contribution in [0, 0.1) is 5.41 Å². The van der Waals surface area contributed by atoms with Crippen molar-refractivity contribution in [1.29, 1.82) is 0 Å². The van der Waals surface area contributed by atoms with E-state index in [9.17, 15) is 22.4 Å². The molecule has 0 unspecified atom stereocenters. The lowest BCUT2D eigenvalue weighted by Gasteiger charge is -2.35. The summed E-state index contributed by atoms with van der Waals surface area (Å²) in [4.78, 5) is 23.3. The topological polar surface area (TPSA) is 81.9 Å². The van der Waals surface area contributed by atoms with Gasteiger partial charge in [-0.1, -0.05) is 0 Å². The number of carbonyl (C=O) groups excluding carboxylic acids is 1. The van der Waals surface area contributed by atoms with Crippen molar-refractivity contribution in [2.45, 2.75) is 51.1 Å². The first kappa shape index (κ1) is 20.7. The zero-order valence-corrected chi connectivity index (χ0v) is 17.2. The van der Waals surface area contributed by atoms with Gasteiger partial charge in [0.2, 0.25) is 17.6 Å². The van der Waals surface area contributed by atoms with Crippen LogP contribution in [-0.4, -0.2) is 37.5 Å². The summed E-state index contributed by atoms with van der Waals surface area (Å²) >= 11 is 0. The number of halogens is 4. The van der Waals surface area contributed by atoms with Gasteiger partial charge in [0.1, 0.15) is 17.7 Å². The maximum atomic E-state index is 14.1. The van der Waals surface area contributed by atoms with E-state index in [1.54, 1.807) is 22.9 Å². The molecule has 7 nitrogen and oxygen atoms in total. The van der Waals surface area contributed by atoms with Gasteiger partial charge in [0.15, 0.2) is 0 Å². The molecule has 3 aromatic heterocycles. The molecule has 11 heteroatoms. The first-order valence-electron chi connectivity index (χ1n) is 10.0. The Kier molecular flexibility index (Phi) is 4.28. The van der Waals surface area contributed by atoms with Crippen molar-refractivity contribution in [3.8, 4) is 11.7 Å². The van der Waals surface area contributed by atoms with Crippen LogP contribution in [0.1, 0.15) is 38.9 Å². The minimum atomic E-state index is -3.34. The van der Waals surface area contributed by atoms with Gasteiger partial charge in [-0.3, -0.25) is 4.79 Å². The molecule has 1 amide bonds. The van der Waals surface area contributed by atoms with Gasteiger partial charge < -0.3 is 14.6 Å². The number of amides is 1. The number of carbonyl (C=O) groups is 1. The third-order valence-corrected chi connectivity index (χ3v) is 5.94. The molecule has 2 aliphatic carbocycles. The summed E-state index contributed by atoms with van der Waals surface area (Å²) in [6, 6.07) is 4.70. The van der Waals surface area contributed by atoms with Crippen molar-refractivity contribution in [1.82, 2.24) is 19.5 Å². The van der Waals surface area contributed by atoms with Gasteiger partial charge in [-0.2, -0.15) is 13.8 Å². The number of pyridine rings is 1. The summed E-state index contributed by atoms with van der Waals surface area (Å²) in [5.41, 5.74) is -0.437. The van der Waals surface area contributed by atoms with Crippen LogP contribution < -0.4 is 10.1 Å². The SMILES string of the molecule is CC(=O)Nc1cc2c(ccn2-c2cc(OC3CC4(C3)CC4(F)F)nc(C(C)(F)F)n2)cn1. The van der Waals surface area contributed by atoms with E-state index in [0.717, 1.165) is 0 Å². The summed E-state index contributed by atoms with van der Waals surface area (Å²) in [5.74, 6) is -6.75. The number of anilines is 1. The van der Waals surface area contributed by atoms with Gasteiger partial charge in [0, 0.05) is 55.6 Å². The molecular weight excluding hydrogens is 430 g/mol. The number of rotatable bonds is 5. The van der Waals surface area contributed by atoms with E-state index in [1.165, 1.54) is 19.2 Å². The van der Waals surface area contributed by atoms with E-state index in [2.05, 4.69) is 20.3 Å². The third kappa shape index (κ3) is 3.45. The molecule has 0 atom stereocenters. The van der Waals surface area contributed by atoms with E-state index in [4.69, 9.17) is 4.74 Å². The summed E-state index contributed by atoms with van der Waals surface area (Å²) in [6.07, 6.45) is 2.81. The molecule has 0 radical (unpaired) electrons. The monoisotopic (exact) mass is 449 g/mol. The zero-order chi connectivity index (χ0) is 22.9. The Hall–Kier alpha value is -3.24. The quantitative estimate of drug-likeness (QED) is 0.582. The van der Waals surface area contributed by atoms with E-state index >= 15 is 0 Å². The number of aromatic nitrogens is 4. The minimum absolute atomic E-state index is 0.103. The summed E-state index contributed by atoms with van der Waals surface area (Å²) in [6.45, 7) is 2.02. The van der Waals surface area contributed by atoms with E-state index < -0.39 is 29.2 Å². The molecule has 0 aliphatic heterocycles. The first-order chi connectivity index (χ1) is 15.0. The van der Waals surface area contributed by atoms with Crippen molar-refractivity contribution in [2.24, 2.45) is 5.41 Å². The van der Waals surface area contributed by atoms with Crippen molar-refractivity contribution >= 4 is 22.6 Å². The Balaban J connectivity index is 1.49. The van der Waals surface area contributed by atoms with Gasteiger partial charge in [0.25, 0.3) is 5.92 Å². The summed E-state index contributed by atoms with van der Waals surface area (Å²) in [5, 5.41) is 3.27. The highest BCUT2D eigenvalue weighted by molar-refractivity contribution is 5.91. The summed E-state index contributed by atoms with van der Waals surface area (Å²) < 4.78 is 62.3. The minimum Gasteiger partial charge on any atom is -0.474 e. The fourth-order valence-electron chi connectivity index (χ4n) is 4.16. The highest BCUT2D eigenvalue weighted by atomic mass is 19.3. The number of hydrogen-bond donors (Lipinski definition) is 1. The first-order valence-corrected chi connectivity index (χ1v) is 10.0. The van der Waals surface area contributed by atoms with Crippen LogP contribution in [0.4, 0.5) is 23.4 Å². The van der Waals surface area contributed by atoms with Crippen LogP contribution in [0.2, 0.25) is 0 Å². The van der Waals surface area contributed by atoms with Crippen molar-refractivity contribution < 1.29 is 27.1 Å². The predicted molar refractivity (Wildman–Crippen MR) is 106 cm³/mol. The molecule has 2 aliphatic rings. The number of ether oxygens (including phenoxy) is 1. The Morgan fingerprint density at radius 3 is 2.62 bits per heavy atom. The maximum absolute atomic E-state index is 14.1. The Bertz CT molecular complexity index is 1230. The zero-order valence-electron chi connectivity index (χ0n) is 17.2. The number of nitrogens with one attached hydrogen (secondary N) is 1. The summed E-state index contributed by atoms with van der Waals surface area (Å²) in [7, 11) is 0. The molecular formula is C21H19F4N5O2. The maximum Gasteiger partial charge on any atom is 0.304 e. The molecule has 0 aromatic carbocycles. The Morgan fingerprint density at radius 2 is 2.00 bits per heavy atom.